The smallest absolute Gasteiger partial charge is 0.316 e. The van der Waals surface area contributed by atoms with E-state index >= 15 is 0 Å². The molecule has 6 nitrogen and oxygen atoms in total. The van der Waals surface area contributed by atoms with Crippen LogP contribution in [0.25, 0.3) is 0 Å². The molecule has 4 N–H and O–H groups in total. The van der Waals surface area contributed by atoms with Crippen molar-refractivity contribution < 1.29 is 9.59 Å². The third-order valence-electron chi connectivity index (χ3n) is 2.40. The predicted molar refractivity (Wildman–Crippen MR) is 79.5 cm³/mol. The molecule has 0 radical (unpaired) electrons. The molecule has 2 rings (SSSR count). The van der Waals surface area contributed by atoms with Crippen LogP contribution in [0.5, 0.6) is 0 Å². The van der Waals surface area contributed by atoms with E-state index in [9.17, 15) is 9.59 Å². The van der Waals surface area contributed by atoms with E-state index in [4.69, 9.17) is 5.73 Å². The number of pyridine rings is 1. The van der Waals surface area contributed by atoms with Crippen molar-refractivity contribution in [2.75, 3.05) is 10.6 Å². The number of hydrogen-bond donors (Lipinski definition) is 3. The fraction of sp³-hybridized carbons (Fsp3) is 0. The van der Waals surface area contributed by atoms with Gasteiger partial charge in [0.05, 0.1) is 0 Å². The van der Waals surface area contributed by atoms with E-state index < -0.39 is 6.03 Å². The highest BCUT2D eigenvalue weighted by Crippen LogP contribution is 2.15. The highest BCUT2D eigenvalue weighted by Gasteiger charge is 2.06. The molecule has 0 saturated carbocycles. The van der Waals surface area contributed by atoms with Gasteiger partial charge >= 0.3 is 6.03 Å². The molecule has 0 aliphatic carbocycles. The molecule has 0 aliphatic heterocycles. The SMILES string of the molecule is NC(=O)Nc1ccc(NC(=O)c2ccnc(Br)c2)cc1. The molecular weight excluding hydrogens is 324 g/mol. The number of nitrogens with one attached hydrogen (secondary N) is 2. The minimum atomic E-state index is -0.636. The third kappa shape index (κ3) is 3.79. The molecule has 7 heteroatoms. The molecular formula is C13H11BrN4O2. The zero-order valence-electron chi connectivity index (χ0n) is 10.3. The molecule has 0 atom stereocenters. The minimum Gasteiger partial charge on any atom is -0.351 e. The minimum absolute atomic E-state index is 0.247. The number of carbonyl (C=O) groups excluding carboxylic acids is 2. The van der Waals surface area contributed by atoms with Gasteiger partial charge in [-0.25, -0.2) is 9.78 Å². The molecule has 20 heavy (non-hydrogen) atoms. The number of rotatable bonds is 3. The molecule has 0 spiro atoms. The lowest BCUT2D eigenvalue weighted by atomic mass is 10.2. The fourth-order valence-electron chi connectivity index (χ4n) is 1.53. The van der Waals surface area contributed by atoms with E-state index in [1.54, 1.807) is 42.6 Å². The first kappa shape index (κ1) is 14.0. The van der Waals surface area contributed by atoms with E-state index in [-0.39, 0.29) is 5.91 Å². The Kier molecular flexibility index (Phi) is 4.31. The van der Waals surface area contributed by atoms with Crippen LogP contribution in [-0.4, -0.2) is 16.9 Å². The number of hydrogen-bond acceptors (Lipinski definition) is 3. The van der Waals surface area contributed by atoms with E-state index in [1.807, 2.05) is 0 Å². The predicted octanol–water partition coefficient (Wildman–Crippen LogP) is 2.59. The van der Waals surface area contributed by atoms with Gasteiger partial charge in [-0.1, -0.05) is 0 Å². The standard InChI is InChI=1S/C13H11BrN4O2/c14-11-7-8(5-6-16-11)12(19)17-9-1-3-10(4-2-9)18-13(15)20/h1-7H,(H,17,19)(H3,15,18,20). The summed E-state index contributed by atoms with van der Waals surface area (Å²) in [4.78, 5) is 26.6. The van der Waals surface area contributed by atoms with Crippen LogP contribution in [0.4, 0.5) is 16.2 Å². The summed E-state index contributed by atoms with van der Waals surface area (Å²) in [6.45, 7) is 0. The molecule has 0 fully saturated rings. The van der Waals surface area contributed by atoms with Gasteiger partial charge in [0.1, 0.15) is 4.60 Å². The lowest BCUT2D eigenvalue weighted by Gasteiger charge is -2.07. The Hall–Kier alpha value is -2.41. The van der Waals surface area contributed by atoms with Crippen molar-refractivity contribution in [1.82, 2.24) is 4.98 Å². The largest absolute Gasteiger partial charge is 0.351 e. The zero-order chi connectivity index (χ0) is 14.5. The number of anilines is 2. The Balaban J connectivity index is 2.06. The van der Waals surface area contributed by atoms with Gasteiger partial charge in [-0.15, -0.1) is 0 Å². The monoisotopic (exact) mass is 334 g/mol. The van der Waals surface area contributed by atoms with Crippen molar-refractivity contribution in [2.24, 2.45) is 5.73 Å². The van der Waals surface area contributed by atoms with Crippen LogP contribution in [0.15, 0.2) is 47.2 Å². The van der Waals surface area contributed by atoms with Gasteiger partial charge in [0.2, 0.25) is 0 Å². The molecule has 3 amide bonds. The van der Waals surface area contributed by atoms with Gasteiger partial charge in [0.15, 0.2) is 0 Å². The maximum Gasteiger partial charge on any atom is 0.316 e. The van der Waals surface area contributed by atoms with Gasteiger partial charge < -0.3 is 16.4 Å². The van der Waals surface area contributed by atoms with Crippen LogP contribution in [-0.2, 0) is 0 Å². The quantitative estimate of drug-likeness (QED) is 0.752. The van der Waals surface area contributed by atoms with E-state index in [1.165, 1.54) is 0 Å². The van der Waals surface area contributed by atoms with Crippen molar-refractivity contribution in [1.29, 1.82) is 0 Å². The highest BCUT2D eigenvalue weighted by molar-refractivity contribution is 9.10. The first-order valence-corrected chi connectivity index (χ1v) is 6.43. The number of nitrogens with zero attached hydrogens (tertiary/aromatic N) is 1. The second-order valence-corrected chi connectivity index (χ2v) is 4.70. The van der Waals surface area contributed by atoms with Crippen molar-refractivity contribution in [2.45, 2.75) is 0 Å². The summed E-state index contributed by atoms with van der Waals surface area (Å²) in [5, 5.41) is 5.17. The second kappa shape index (κ2) is 6.16. The normalized spacial score (nSPS) is 9.85. The van der Waals surface area contributed by atoms with E-state index in [2.05, 4.69) is 31.5 Å². The molecule has 0 saturated heterocycles. The van der Waals surface area contributed by atoms with Gasteiger partial charge in [0.25, 0.3) is 5.91 Å². The number of aromatic nitrogens is 1. The Labute approximate surface area is 123 Å². The topological polar surface area (TPSA) is 97.1 Å². The molecule has 1 heterocycles. The summed E-state index contributed by atoms with van der Waals surface area (Å²) in [7, 11) is 0. The summed E-state index contributed by atoms with van der Waals surface area (Å²) < 4.78 is 0.589. The van der Waals surface area contributed by atoms with Crippen molar-refractivity contribution >= 4 is 39.2 Å². The van der Waals surface area contributed by atoms with Gasteiger partial charge in [-0.3, -0.25) is 4.79 Å². The summed E-state index contributed by atoms with van der Waals surface area (Å²) >= 11 is 3.21. The first-order valence-electron chi connectivity index (χ1n) is 5.64. The Morgan fingerprint density at radius 3 is 2.20 bits per heavy atom. The van der Waals surface area contributed by atoms with E-state index in [0.29, 0.717) is 21.5 Å². The Morgan fingerprint density at radius 2 is 1.65 bits per heavy atom. The number of carbonyl (C=O) groups is 2. The van der Waals surface area contributed by atoms with Crippen LogP contribution in [0.3, 0.4) is 0 Å². The van der Waals surface area contributed by atoms with Crippen LogP contribution < -0.4 is 16.4 Å². The lowest BCUT2D eigenvalue weighted by molar-refractivity contribution is 0.102. The van der Waals surface area contributed by atoms with E-state index in [0.717, 1.165) is 0 Å². The van der Waals surface area contributed by atoms with Crippen LogP contribution in [0.1, 0.15) is 10.4 Å². The number of benzene rings is 1. The number of amides is 3. The van der Waals surface area contributed by atoms with Gasteiger partial charge in [-0.05, 0) is 52.3 Å². The number of urea groups is 1. The average molecular weight is 335 g/mol. The van der Waals surface area contributed by atoms with Crippen LogP contribution in [0.2, 0.25) is 0 Å². The summed E-state index contributed by atoms with van der Waals surface area (Å²) in [5.41, 5.74) is 6.66. The first-order chi connectivity index (χ1) is 9.54. The Morgan fingerprint density at radius 1 is 1.05 bits per heavy atom. The molecule has 1 aromatic heterocycles. The zero-order valence-corrected chi connectivity index (χ0v) is 11.8. The van der Waals surface area contributed by atoms with Crippen LogP contribution >= 0.6 is 15.9 Å². The van der Waals surface area contributed by atoms with Crippen molar-refractivity contribution in [3.05, 3.63) is 52.8 Å². The Bertz CT molecular complexity index is 643. The highest BCUT2D eigenvalue weighted by atomic mass is 79.9. The number of halogens is 1. The molecule has 2 aromatic rings. The average Bonchev–Trinajstić information content (AvgIpc) is 2.40. The van der Waals surface area contributed by atoms with Crippen LogP contribution in [0, 0.1) is 0 Å². The van der Waals surface area contributed by atoms with Crippen molar-refractivity contribution in [3.63, 3.8) is 0 Å². The molecule has 0 unspecified atom stereocenters. The molecule has 0 aliphatic rings. The number of nitrogens with two attached hydrogens (primary N) is 1. The maximum absolute atomic E-state index is 12.0. The molecule has 0 bridgehead atoms. The fourth-order valence-corrected chi connectivity index (χ4v) is 1.89. The molecule has 102 valence electrons. The summed E-state index contributed by atoms with van der Waals surface area (Å²) in [6, 6.07) is 9.22. The molecule has 1 aromatic carbocycles. The lowest BCUT2D eigenvalue weighted by Crippen LogP contribution is -2.19. The summed E-state index contributed by atoms with van der Waals surface area (Å²) in [6.07, 6.45) is 1.54. The van der Waals surface area contributed by atoms with Gasteiger partial charge in [-0.2, -0.15) is 0 Å². The van der Waals surface area contributed by atoms with Gasteiger partial charge in [0, 0.05) is 23.1 Å². The van der Waals surface area contributed by atoms with Crippen molar-refractivity contribution in [3.8, 4) is 0 Å². The number of primary amides is 1. The third-order valence-corrected chi connectivity index (χ3v) is 2.83. The second-order valence-electron chi connectivity index (χ2n) is 3.89. The summed E-state index contributed by atoms with van der Waals surface area (Å²) in [5.74, 6) is -0.247. The maximum atomic E-state index is 12.0.